The number of nitrogens with zero attached hydrogens (tertiary/aromatic N) is 2. The Balaban J connectivity index is 1.38. The van der Waals surface area contributed by atoms with Crippen LogP contribution in [0.2, 0.25) is 0 Å². The number of amides is 1. The van der Waals surface area contributed by atoms with Gasteiger partial charge in [0, 0.05) is 31.2 Å². The first-order chi connectivity index (χ1) is 17.8. The third-order valence-electron chi connectivity index (χ3n) is 7.76. The Hall–Kier alpha value is -2.80. The minimum atomic E-state index is -4.17. The highest BCUT2D eigenvalue weighted by Gasteiger charge is 2.57. The van der Waals surface area contributed by atoms with Crippen LogP contribution in [0.5, 0.6) is 0 Å². The van der Waals surface area contributed by atoms with Crippen molar-refractivity contribution < 1.29 is 32.2 Å². The molecule has 4 atom stereocenters. The number of benzene rings is 1. The fourth-order valence-electron chi connectivity index (χ4n) is 6.33. The summed E-state index contributed by atoms with van der Waals surface area (Å²) in [6.45, 7) is 0.263. The smallest absolute Gasteiger partial charge is 0.287 e. The summed E-state index contributed by atoms with van der Waals surface area (Å²) in [5.41, 5.74) is 1.08. The molecule has 2 N–H and O–H groups in total. The Bertz CT molecular complexity index is 1420. The number of sulfonamides is 1. The quantitative estimate of drug-likeness (QED) is 0.400. The summed E-state index contributed by atoms with van der Waals surface area (Å²) in [6.07, 6.45) is 2.82. The number of carbonyl (C=O) groups excluding carboxylic acids is 1. The number of methoxy groups -OCH3 is 1. The fourth-order valence-corrected chi connectivity index (χ4v) is 8.90. The Labute approximate surface area is 217 Å². The van der Waals surface area contributed by atoms with E-state index in [0.717, 1.165) is 36.2 Å². The average molecular weight is 548 g/mol. The van der Waals surface area contributed by atoms with Gasteiger partial charge in [0.05, 0.1) is 6.61 Å². The van der Waals surface area contributed by atoms with Crippen molar-refractivity contribution in [1.82, 2.24) is 4.90 Å². The number of hydrogen-bond donors (Lipinski definition) is 2. The molecule has 0 radical (unpaired) electrons. The number of fused-ring (bicyclic) bond motifs is 6. The zero-order valence-corrected chi connectivity index (χ0v) is 21.6. The summed E-state index contributed by atoms with van der Waals surface area (Å²) in [4.78, 5) is 15.6. The van der Waals surface area contributed by atoms with E-state index in [-0.39, 0.29) is 71.6 Å². The molecule has 1 amide bonds. The normalized spacial score (nSPS) is 27.7. The SMILES string of the molecule is COCOCc1csc2c1S(=O)(=O)N=C(C1=C(O)C3C([C@H]4CC[C@@H]3C4)N(Cc3ccc(F)cc3)C1=O)N2. The first kappa shape index (κ1) is 24.5. The van der Waals surface area contributed by atoms with Gasteiger partial charge in [-0.3, -0.25) is 4.79 Å². The van der Waals surface area contributed by atoms with E-state index in [1.165, 1.54) is 19.2 Å². The van der Waals surface area contributed by atoms with Gasteiger partial charge in [0.15, 0.2) is 5.84 Å². The van der Waals surface area contributed by atoms with Crippen molar-refractivity contribution in [2.75, 3.05) is 19.2 Å². The maximum Gasteiger partial charge on any atom is 0.287 e. The van der Waals surface area contributed by atoms with Crippen LogP contribution in [0, 0.1) is 23.6 Å². The number of carbonyl (C=O) groups is 1. The highest BCUT2D eigenvalue weighted by Crippen LogP contribution is 2.55. The van der Waals surface area contributed by atoms with Crippen LogP contribution in [-0.2, 0) is 37.4 Å². The summed E-state index contributed by atoms with van der Waals surface area (Å²) in [5, 5.41) is 16.4. The number of aliphatic hydroxyl groups excluding tert-OH is 1. The predicted octanol–water partition coefficient (Wildman–Crippen LogP) is 3.79. The van der Waals surface area contributed by atoms with Crippen LogP contribution >= 0.6 is 11.3 Å². The van der Waals surface area contributed by atoms with E-state index in [1.807, 2.05) is 0 Å². The summed E-state index contributed by atoms with van der Waals surface area (Å²) in [5.74, 6) is -0.950. The molecule has 2 aromatic rings. The molecule has 196 valence electrons. The molecule has 0 spiro atoms. The lowest BCUT2D eigenvalue weighted by Gasteiger charge is -2.44. The Morgan fingerprint density at radius 3 is 2.76 bits per heavy atom. The summed E-state index contributed by atoms with van der Waals surface area (Å²) in [7, 11) is -2.70. The van der Waals surface area contributed by atoms with Gasteiger partial charge in [-0.25, -0.2) is 4.39 Å². The van der Waals surface area contributed by atoms with Gasteiger partial charge >= 0.3 is 0 Å². The number of amidine groups is 1. The van der Waals surface area contributed by atoms with Gasteiger partial charge in [-0.05, 0) is 54.2 Å². The van der Waals surface area contributed by atoms with Crippen molar-refractivity contribution in [1.29, 1.82) is 0 Å². The van der Waals surface area contributed by atoms with Gasteiger partial charge in [0.25, 0.3) is 15.9 Å². The lowest BCUT2D eigenvalue weighted by molar-refractivity contribution is -0.134. The molecule has 2 unspecified atom stereocenters. The van der Waals surface area contributed by atoms with Crippen molar-refractivity contribution in [3.05, 3.63) is 57.9 Å². The molecule has 2 saturated carbocycles. The van der Waals surface area contributed by atoms with Gasteiger partial charge in [0.2, 0.25) is 0 Å². The monoisotopic (exact) mass is 547 g/mol. The van der Waals surface area contributed by atoms with Crippen molar-refractivity contribution in [3.63, 3.8) is 0 Å². The second-order valence-electron chi connectivity index (χ2n) is 9.88. The van der Waals surface area contributed by atoms with Crippen molar-refractivity contribution >= 4 is 38.1 Å². The maximum atomic E-state index is 13.9. The molecule has 9 nitrogen and oxygen atoms in total. The summed E-state index contributed by atoms with van der Waals surface area (Å²) >= 11 is 1.16. The fraction of sp³-hybridized carbons (Fsp3) is 0.440. The van der Waals surface area contributed by atoms with Crippen LogP contribution < -0.4 is 5.32 Å². The van der Waals surface area contributed by atoms with E-state index in [0.29, 0.717) is 10.6 Å². The zero-order chi connectivity index (χ0) is 25.9. The molecule has 12 heteroatoms. The van der Waals surface area contributed by atoms with E-state index in [4.69, 9.17) is 9.47 Å². The first-order valence-corrected chi connectivity index (χ1v) is 14.4. The molecule has 3 heterocycles. The molecule has 2 bridgehead atoms. The Morgan fingerprint density at radius 2 is 2.00 bits per heavy atom. The van der Waals surface area contributed by atoms with Crippen molar-refractivity contribution in [3.8, 4) is 0 Å². The van der Waals surface area contributed by atoms with Crippen LogP contribution in [-0.4, -0.2) is 50.1 Å². The van der Waals surface area contributed by atoms with Gasteiger partial charge in [-0.2, -0.15) is 8.42 Å². The topological polar surface area (TPSA) is 118 Å². The molecule has 37 heavy (non-hydrogen) atoms. The third kappa shape index (κ3) is 4.06. The van der Waals surface area contributed by atoms with Crippen molar-refractivity contribution in [2.24, 2.45) is 22.2 Å². The Kier molecular flexibility index (Phi) is 6.09. The molecule has 2 aliphatic carbocycles. The first-order valence-electron chi connectivity index (χ1n) is 12.1. The molecule has 2 aliphatic heterocycles. The zero-order valence-electron chi connectivity index (χ0n) is 20.0. The van der Waals surface area contributed by atoms with E-state index >= 15 is 0 Å². The minimum Gasteiger partial charge on any atom is -0.511 e. The second kappa shape index (κ2) is 9.19. The number of nitrogens with one attached hydrogen (secondary N) is 1. The van der Waals surface area contributed by atoms with E-state index < -0.39 is 15.9 Å². The predicted molar refractivity (Wildman–Crippen MR) is 134 cm³/mol. The van der Waals surface area contributed by atoms with Crippen LogP contribution in [0.1, 0.15) is 30.4 Å². The molecule has 2 fully saturated rings. The third-order valence-corrected chi connectivity index (χ3v) is 10.2. The average Bonchev–Trinajstić information content (AvgIpc) is 3.58. The van der Waals surface area contributed by atoms with Crippen LogP contribution in [0.25, 0.3) is 0 Å². The summed E-state index contributed by atoms with van der Waals surface area (Å²) < 4.78 is 54.1. The molecular formula is C25H26FN3O6S2. The van der Waals surface area contributed by atoms with Crippen LogP contribution in [0.15, 0.2) is 50.3 Å². The van der Waals surface area contributed by atoms with Gasteiger partial charge in [-0.15, -0.1) is 15.7 Å². The molecule has 4 aliphatic rings. The Morgan fingerprint density at radius 1 is 1.24 bits per heavy atom. The number of aliphatic hydroxyl groups is 1. The van der Waals surface area contributed by atoms with Gasteiger partial charge in [-0.1, -0.05) is 12.1 Å². The maximum absolute atomic E-state index is 13.9. The van der Waals surface area contributed by atoms with Gasteiger partial charge < -0.3 is 24.8 Å². The van der Waals surface area contributed by atoms with Crippen LogP contribution in [0.4, 0.5) is 9.39 Å². The van der Waals surface area contributed by atoms with Gasteiger partial charge in [0.1, 0.15) is 33.8 Å². The number of thiophene rings is 1. The lowest BCUT2D eigenvalue weighted by Crippen LogP contribution is -2.53. The molecule has 1 aromatic heterocycles. The number of hydrogen-bond acceptors (Lipinski definition) is 8. The molecule has 0 saturated heterocycles. The lowest BCUT2D eigenvalue weighted by atomic mass is 9.77. The molecular weight excluding hydrogens is 521 g/mol. The summed E-state index contributed by atoms with van der Waals surface area (Å²) in [6, 6.07) is 5.77. The number of ether oxygens (including phenoxy) is 2. The molecule has 6 rings (SSSR count). The highest BCUT2D eigenvalue weighted by molar-refractivity contribution is 7.90. The number of rotatable bonds is 7. The standard InChI is InChI=1S/C25H26FN3O6S2/c1-34-12-35-10-16-11-36-24-22(16)37(32,33)28-23(27-24)19-21(30)18-14-4-5-15(8-14)20(18)29(25(19)31)9-13-2-6-17(26)7-3-13/h2-3,6-7,11,14-15,18,20,30H,4-5,8-10,12H2,1H3,(H,27,28)/t14-,15+,18?,20?/m1/s1. The minimum absolute atomic E-state index is 0.00155. The molecule has 1 aromatic carbocycles. The van der Waals surface area contributed by atoms with E-state index in [1.54, 1.807) is 22.4 Å². The second-order valence-corrected chi connectivity index (χ2v) is 12.3. The van der Waals surface area contributed by atoms with Crippen LogP contribution in [0.3, 0.4) is 0 Å². The number of anilines is 1. The number of halogens is 1. The van der Waals surface area contributed by atoms with E-state index in [2.05, 4.69) is 9.71 Å². The van der Waals surface area contributed by atoms with E-state index in [9.17, 15) is 22.7 Å². The largest absolute Gasteiger partial charge is 0.511 e. The highest BCUT2D eigenvalue weighted by atomic mass is 32.2. The van der Waals surface area contributed by atoms with Crippen molar-refractivity contribution in [2.45, 2.75) is 43.4 Å².